The van der Waals surface area contributed by atoms with Crippen LogP contribution >= 0.6 is 0 Å². The summed E-state index contributed by atoms with van der Waals surface area (Å²) in [7, 11) is -3.15. The van der Waals surface area contributed by atoms with E-state index >= 15 is 0 Å². The van der Waals surface area contributed by atoms with E-state index in [4.69, 9.17) is 0 Å². The Balaban J connectivity index is 1.45. The number of amides is 4. The molecule has 1 aromatic heterocycles. The second-order valence-electron chi connectivity index (χ2n) is 8.13. The van der Waals surface area contributed by atoms with Gasteiger partial charge in [0.25, 0.3) is 5.91 Å². The van der Waals surface area contributed by atoms with E-state index in [-0.39, 0.29) is 18.1 Å². The lowest BCUT2D eigenvalue weighted by Crippen LogP contribution is -2.48. The third kappa shape index (κ3) is 4.30. The molecule has 0 radical (unpaired) electrons. The minimum absolute atomic E-state index is 0.0565. The van der Waals surface area contributed by atoms with Crippen LogP contribution in [0.2, 0.25) is 0 Å². The number of fused-ring (bicyclic) bond motifs is 1. The average molecular weight is 447 g/mol. The Kier molecular flexibility index (Phi) is 5.74. The highest BCUT2D eigenvalue weighted by Gasteiger charge is 2.41. The largest absolute Gasteiger partial charge is 0.361 e. The molecule has 1 aromatic carbocycles. The molecule has 2 N–H and O–H groups in total. The zero-order valence-electron chi connectivity index (χ0n) is 17.3. The van der Waals surface area contributed by atoms with Crippen LogP contribution in [0.4, 0.5) is 4.79 Å². The molecule has 31 heavy (non-hydrogen) atoms. The zero-order valence-corrected chi connectivity index (χ0v) is 18.2. The zero-order chi connectivity index (χ0) is 22.2. The predicted molar refractivity (Wildman–Crippen MR) is 115 cm³/mol. The number of carbonyl (C=O) groups is 3. The van der Waals surface area contributed by atoms with Gasteiger partial charge in [-0.15, -0.1) is 0 Å². The second kappa shape index (κ2) is 8.33. The van der Waals surface area contributed by atoms with Crippen molar-refractivity contribution < 1.29 is 22.8 Å². The van der Waals surface area contributed by atoms with Gasteiger partial charge in [0, 0.05) is 36.1 Å². The molecule has 2 fully saturated rings. The number of H-pyrrole nitrogens is 1. The summed E-state index contributed by atoms with van der Waals surface area (Å²) >= 11 is 0. The Morgan fingerprint density at radius 1 is 1.26 bits per heavy atom. The number of hydrogen-bond donors (Lipinski definition) is 2. The number of urea groups is 1. The highest BCUT2D eigenvalue weighted by atomic mass is 32.2. The molecule has 2 aliphatic rings. The quantitative estimate of drug-likeness (QED) is 0.616. The molecule has 2 saturated heterocycles. The summed E-state index contributed by atoms with van der Waals surface area (Å²) in [6.07, 6.45) is 3.18. The fourth-order valence-electron chi connectivity index (χ4n) is 4.38. The lowest BCUT2D eigenvalue weighted by Gasteiger charge is -2.29. The molecule has 3 heterocycles. The van der Waals surface area contributed by atoms with Gasteiger partial charge in [0.15, 0.2) is 9.84 Å². The maximum Gasteiger partial charge on any atom is 0.325 e. The fourth-order valence-corrected chi connectivity index (χ4v) is 6.12. The van der Waals surface area contributed by atoms with Gasteiger partial charge in [-0.2, -0.15) is 0 Å². The normalized spacial score (nSPS) is 22.8. The van der Waals surface area contributed by atoms with E-state index in [1.54, 1.807) is 0 Å². The number of hydrogen-bond acceptors (Lipinski definition) is 5. The van der Waals surface area contributed by atoms with Crippen molar-refractivity contribution in [3.05, 3.63) is 36.0 Å². The van der Waals surface area contributed by atoms with E-state index in [0.717, 1.165) is 21.4 Å². The Labute approximate surface area is 180 Å². The standard InChI is InChI=1S/C21H26N4O5S/c1-2-8-24(15-7-9-31(29,30)13-15)19(26)12-25-20(27)18(23-21(25)28)10-14-11-22-17-6-4-3-5-16(14)17/h3-6,11,15,18,22H,2,7-10,12-13H2,1H3,(H,23,28)/t15-,18+/m0/s1. The number of benzene rings is 1. The molecule has 0 aliphatic carbocycles. The van der Waals surface area contributed by atoms with Gasteiger partial charge >= 0.3 is 6.03 Å². The number of nitrogens with one attached hydrogen (secondary N) is 2. The van der Waals surface area contributed by atoms with E-state index in [1.165, 1.54) is 4.90 Å². The van der Waals surface area contributed by atoms with E-state index in [0.29, 0.717) is 25.8 Å². The number of sulfone groups is 1. The summed E-state index contributed by atoms with van der Waals surface area (Å²) in [4.78, 5) is 43.9. The number of nitrogens with zero attached hydrogens (tertiary/aromatic N) is 2. The molecule has 10 heteroatoms. The van der Waals surface area contributed by atoms with Crippen molar-refractivity contribution in [1.82, 2.24) is 20.1 Å². The number of rotatable bonds is 7. The Hall–Kier alpha value is -2.88. The molecular formula is C21H26N4O5S. The second-order valence-corrected chi connectivity index (χ2v) is 10.4. The van der Waals surface area contributed by atoms with Crippen molar-refractivity contribution in [3.63, 3.8) is 0 Å². The van der Waals surface area contributed by atoms with Crippen molar-refractivity contribution in [2.75, 3.05) is 24.6 Å². The molecule has 0 saturated carbocycles. The minimum atomic E-state index is -3.15. The van der Waals surface area contributed by atoms with Gasteiger partial charge in [0.1, 0.15) is 12.6 Å². The minimum Gasteiger partial charge on any atom is -0.361 e. The van der Waals surface area contributed by atoms with Crippen molar-refractivity contribution in [2.45, 2.75) is 38.3 Å². The molecule has 4 rings (SSSR count). The third-order valence-corrected chi connectivity index (χ3v) is 7.68. The highest BCUT2D eigenvalue weighted by molar-refractivity contribution is 7.91. The molecule has 0 bridgehead atoms. The first-order valence-corrected chi connectivity index (χ1v) is 12.3. The van der Waals surface area contributed by atoms with E-state index in [1.807, 2.05) is 37.4 Å². The molecule has 0 spiro atoms. The number of carbonyl (C=O) groups excluding carboxylic acids is 3. The van der Waals surface area contributed by atoms with E-state index in [9.17, 15) is 22.8 Å². The summed E-state index contributed by atoms with van der Waals surface area (Å²) in [6.45, 7) is 1.90. The van der Waals surface area contributed by atoms with Crippen LogP contribution < -0.4 is 5.32 Å². The predicted octanol–water partition coefficient (Wildman–Crippen LogP) is 1.06. The topological polar surface area (TPSA) is 120 Å². The Bertz CT molecular complexity index is 1130. The fraction of sp³-hybridized carbons (Fsp3) is 0.476. The van der Waals surface area contributed by atoms with Crippen LogP contribution in [0.25, 0.3) is 10.9 Å². The van der Waals surface area contributed by atoms with E-state index in [2.05, 4.69) is 10.3 Å². The van der Waals surface area contributed by atoms with Crippen molar-refractivity contribution in [2.24, 2.45) is 0 Å². The van der Waals surface area contributed by atoms with Gasteiger partial charge in [0.05, 0.1) is 11.5 Å². The first-order valence-electron chi connectivity index (χ1n) is 10.5. The maximum absolute atomic E-state index is 12.9. The first kappa shape index (κ1) is 21.4. The molecule has 9 nitrogen and oxygen atoms in total. The van der Waals surface area contributed by atoms with Gasteiger partial charge in [-0.3, -0.25) is 14.5 Å². The van der Waals surface area contributed by atoms with Crippen LogP contribution in [0, 0.1) is 0 Å². The van der Waals surface area contributed by atoms with Gasteiger partial charge in [-0.1, -0.05) is 25.1 Å². The smallest absolute Gasteiger partial charge is 0.325 e. The lowest BCUT2D eigenvalue weighted by atomic mass is 10.1. The molecular weight excluding hydrogens is 420 g/mol. The van der Waals surface area contributed by atoms with Crippen LogP contribution in [-0.4, -0.2) is 77.7 Å². The van der Waals surface area contributed by atoms with Gasteiger partial charge in [-0.25, -0.2) is 13.2 Å². The molecule has 2 aromatic rings. The molecule has 0 unspecified atom stereocenters. The van der Waals surface area contributed by atoms with Crippen molar-refractivity contribution in [3.8, 4) is 0 Å². The summed E-state index contributed by atoms with van der Waals surface area (Å²) in [5.74, 6) is -0.859. The van der Waals surface area contributed by atoms with Crippen LogP contribution in [0.15, 0.2) is 30.5 Å². The first-order chi connectivity index (χ1) is 14.8. The Morgan fingerprint density at radius 3 is 2.74 bits per heavy atom. The summed E-state index contributed by atoms with van der Waals surface area (Å²) in [6, 6.07) is 5.96. The monoisotopic (exact) mass is 446 g/mol. The number of para-hydroxylation sites is 1. The van der Waals surface area contributed by atoms with Crippen LogP contribution in [0.1, 0.15) is 25.3 Å². The average Bonchev–Trinajstić information content (AvgIpc) is 3.38. The van der Waals surface area contributed by atoms with Crippen LogP contribution in [0.5, 0.6) is 0 Å². The van der Waals surface area contributed by atoms with Crippen LogP contribution in [-0.2, 0) is 25.8 Å². The van der Waals surface area contributed by atoms with Crippen molar-refractivity contribution in [1.29, 1.82) is 0 Å². The highest BCUT2D eigenvalue weighted by Crippen LogP contribution is 2.22. The number of aromatic amines is 1. The molecule has 166 valence electrons. The summed E-state index contributed by atoms with van der Waals surface area (Å²) in [5.41, 5.74) is 1.86. The van der Waals surface area contributed by atoms with Crippen molar-refractivity contribution >= 4 is 38.6 Å². The van der Waals surface area contributed by atoms with Crippen LogP contribution in [0.3, 0.4) is 0 Å². The lowest BCUT2D eigenvalue weighted by molar-refractivity contribution is -0.138. The third-order valence-electron chi connectivity index (χ3n) is 5.93. The number of aromatic nitrogens is 1. The van der Waals surface area contributed by atoms with E-state index < -0.39 is 39.8 Å². The summed E-state index contributed by atoms with van der Waals surface area (Å²) in [5, 5.41) is 3.65. The molecule has 4 amide bonds. The SMILES string of the molecule is CCCN(C(=O)CN1C(=O)N[C@H](Cc2c[nH]c3ccccc23)C1=O)[C@H]1CCS(=O)(=O)C1. The summed E-state index contributed by atoms with van der Waals surface area (Å²) < 4.78 is 23.7. The van der Waals surface area contributed by atoms with Gasteiger partial charge in [0.2, 0.25) is 5.91 Å². The van der Waals surface area contributed by atoms with Gasteiger partial charge in [-0.05, 0) is 24.5 Å². The number of imide groups is 1. The molecule has 2 atom stereocenters. The molecule has 2 aliphatic heterocycles. The van der Waals surface area contributed by atoms with Gasteiger partial charge < -0.3 is 15.2 Å². The maximum atomic E-state index is 12.9. The Morgan fingerprint density at radius 2 is 2.03 bits per heavy atom.